The highest BCUT2D eigenvalue weighted by Crippen LogP contribution is 2.18. The summed E-state index contributed by atoms with van der Waals surface area (Å²) in [6.07, 6.45) is 1.23. The number of hydrogen-bond acceptors (Lipinski definition) is 5. The van der Waals surface area contributed by atoms with Crippen LogP contribution < -0.4 is 5.32 Å². The molecule has 0 radical (unpaired) electrons. The van der Waals surface area contributed by atoms with Gasteiger partial charge in [-0.2, -0.15) is 0 Å². The van der Waals surface area contributed by atoms with E-state index in [0.717, 1.165) is 0 Å². The van der Waals surface area contributed by atoms with Crippen molar-refractivity contribution in [2.24, 2.45) is 0 Å². The highest BCUT2D eigenvalue weighted by molar-refractivity contribution is 5.94. The average molecular weight is 302 g/mol. The van der Waals surface area contributed by atoms with Crippen LogP contribution in [0.5, 0.6) is 0 Å². The maximum atomic E-state index is 11.9. The monoisotopic (exact) mass is 302 g/mol. The molecule has 1 N–H and O–H groups in total. The van der Waals surface area contributed by atoms with E-state index < -0.39 is 5.97 Å². The lowest BCUT2D eigenvalue weighted by Gasteiger charge is -2.07. The molecular formula is C16H18N2O4. The number of nitrogens with one attached hydrogen (secondary N) is 1. The lowest BCUT2D eigenvalue weighted by Crippen LogP contribution is -2.28. The minimum Gasteiger partial charge on any atom is -0.459 e. The van der Waals surface area contributed by atoms with Crippen molar-refractivity contribution in [1.29, 1.82) is 0 Å². The fourth-order valence-corrected chi connectivity index (χ4v) is 1.89. The Bertz CT molecular complexity index is 635. The van der Waals surface area contributed by atoms with E-state index in [1.54, 1.807) is 24.3 Å². The van der Waals surface area contributed by atoms with Crippen LogP contribution >= 0.6 is 0 Å². The van der Waals surface area contributed by atoms with Crippen LogP contribution in [0.2, 0.25) is 0 Å². The Morgan fingerprint density at radius 1 is 1.27 bits per heavy atom. The number of nitrogens with zero attached hydrogens (tertiary/aromatic N) is 1. The number of ether oxygens (including phenoxy) is 1. The molecule has 2 rings (SSSR count). The van der Waals surface area contributed by atoms with Crippen LogP contribution in [-0.4, -0.2) is 30.0 Å². The third-order valence-electron chi connectivity index (χ3n) is 2.97. The van der Waals surface area contributed by atoms with E-state index in [1.807, 2.05) is 19.9 Å². The first kappa shape index (κ1) is 15.8. The van der Waals surface area contributed by atoms with Gasteiger partial charge >= 0.3 is 5.97 Å². The summed E-state index contributed by atoms with van der Waals surface area (Å²) >= 11 is 0. The Kier molecular flexibility index (Phi) is 5.30. The predicted molar refractivity (Wildman–Crippen MR) is 79.6 cm³/mol. The van der Waals surface area contributed by atoms with Crippen molar-refractivity contribution in [2.75, 3.05) is 13.2 Å². The Balaban J connectivity index is 1.78. The van der Waals surface area contributed by atoms with Gasteiger partial charge in [-0.25, -0.2) is 9.78 Å². The van der Waals surface area contributed by atoms with E-state index in [2.05, 4.69) is 10.3 Å². The molecular weight excluding hydrogens is 284 g/mol. The van der Waals surface area contributed by atoms with Crippen LogP contribution in [0.4, 0.5) is 0 Å². The molecule has 1 amide bonds. The molecule has 0 atom stereocenters. The molecule has 0 fully saturated rings. The Morgan fingerprint density at radius 2 is 2.00 bits per heavy atom. The zero-order valence-corrected chi connectivity index (χ0v) is 12.5. The quantitative estimate of drug-likeness (QED) is 0.654. The predicted octanol–water partition coefficient (Wildman–Crippen LogP) is 2.38. The average Bonchev–Trinajstić information content (AvgIpc) is 3.02. The minimum absolute atomic E-state index is 0.0443. The van der Waals surface area contributed by atoms with Gasteiger partial charge < -0.3 is 14.5 Å². The van der Waals surface area contributed by atoms with Crippen LogP contribution in [0.3, 0.4) is 0 Å². The van der Waals surface area contributed by atoms with Crippen molar-refractivity contribution in [1.82, 2.24) is 10.3 Å². The summed E-state index contributed by atoms with van der Waals surface area (Å²) < 4.78 is 10.3. The number of carbonyl (C=O) groups excluding carboxylic acids is 2. The molecule has 0 saturated carbocycles. The first-order chi connectivity index (χ1) is 10.6. The van der Waals surface area contributed by atoms with E-state index in [4.69, 9.17) is 9.15 Å². The molecule has 22 heavy (non-hydrogen) atoms. The van der Waals surface area contributed by atoms with Crippen LogP contribution in [0, 0.1) is 0 Å². The number of aromatic nitrogens is 1. The highest BCUT2D eigenvalue weighted by atomic mass is 16.5. The molecule has 6 heteroatoms. The molecule has 0 spiro atoms. The van der Waals surface area contributed by atoms with Gasteiger partial charge in [-0.05, 0) is 12.1 Å². The first-order valence-corrected chi connectivity index (χ1v) is 7.03. The second-order valence-corrected chi connectivity index (χ2v) is 4.98. The molecule has 0 aliphatic heterocycles. The fraction of sp³-hybridized carbons (Fsp3) is 0.312. The second-order valence-electron chi connectivity index (χ2n) is 4.98. The standard InChI is InChI=1S/C16H18N2O4/c1-11(2)14-13(18-10-22-14)16(20)21-9-8-17-15(19)12-6-4-3-5-7-12/h3-7,10-11H,8-9H2,1-2H3,(H,17,19). The number of benzene rings is 1. The lowest BCUT2D eigenvalue weighted by atomic mass is 10.1. The minimum atomic E-state index is -0.550. The van der Waals surface area contributed by atoms with Crippen LogP contribution in [0.25, 0.3) is 0 Å². The summed E-state index contributed by atoms with van der Waals surface area (Å²) in [5, 5.41) is 2.68. The van der Waals surface area contributed by atoms with Crippen molar-refractivity contribution in [3.8, 4) is 0 Å². The second kappa shape index (κ2) is 7.40. The van der Waals surface area contributed by atoms with Crippen molar-refractivity contribution in [2.45, 2.75) is 19.8 Å². The topological polar surface area (TPSA) is 81.4 Å². The van der Waals surface area contributed by atoms with E-state index in [0.29, 0.717) is 11.3 Å². The maximum absolute atomic E-state index is 11.9. The number of oxazole rings is 1. The van der Waals surface area contributed by atoms with E-state index in [9.17, 15) is 9.59 Å². The van der Waals surface area contributed by atoms with Crippen molar-refractivity contribution in [3.63, 3.8) is 0 Å². The normalized spacial score (nSPS) is 10.5. The Morgan fingerprint density at radius 3 is 2.68 bits per heavy atom. The van der Waals surface area contributed by atoms with Gasteiger partial charge in [-0.3, -0.25) is 4.79 Å². The number of amides is 1. The zero-order valence-electron chi connectivity index (χ0n) is 12.5. The van der Waals surface area contributed by atoms with Crippen LogP contribution in [-0.2, 0) is 4.74 Å². The summed E-state index contributed by atoms with van der Waals surface area (Å²) in [5.41, 5.74) is 0.747. The Labute approximate surface area is 128 Å². The Hall–Kier alpha value is -2.63. The molecule has 0 unspecified atom stereocenters. The SMILES string of the molecule is CC(C)c1ocnc1C(=O)OCCNC(=O)c1ccccc1. The number of rotatable bonds is 6. The molecule has 0 bridgehead atoms. The maximum Gasteiger partial charge on any atom is 0.360 e. The van der Waals surface area contributed by atoms with Gasteiger partial charge in [0, 0.05) is 11.5 Å². The van der Waals surface area contributed by atoms with Crippen molar-refractivity contribution >= 4 is 11.9 Å². The van der Waals surface area contributed by atoms with Gasteiger partial charge in [0.15, 0.2) is 12.1 Å². The summed E-state index contributed by atoms with van der Waals surface area (Å²) in [7, 11) is 0. The largest absolute Gasteiger partial charge is 0.459 e. The molecule has 0 saturated heterocycles. The molecule has 1 aromatic carbocycles. The highest BCUT2D eigenvalue weighted by Gasteiger charge is 2.20. The van der Waals surface area contributed by atoms with Gasteiger partial charge in [0.1, 0.15) is 12.4 Å². The van der Waals surface area contributed by atoms with Crippen molar-refractivity contribution in [3.05, 3.63) is 53.7 Å². The molecule has 1 aromatic heterocycles. The van der Waals surface area contributed by atoms with E-state index >= 15 is 0 Å². The third kappa shape index (κ3) is 3.94. The van der Waals surface area contributed by atoms with Gasteiger partial charge in [-0.1, -0.05) is 32.0 Å². The van der Waals surface area contributed by atoms with Gasteiger partial charge in [0.05, 0.1) is 6.54 Å². The molecule has 6 nitrogen and oxygen atoms in total. The fourth-order valence-electron chi connectivity index (χ4n) is 1.89. The zero-order chi connectivity index (χ0) is 15.9. The molecule has 0 aliphatic rings. The number of esters is 1. The van der Waals surface area contributed by atoms with E-state index in [1.165, 1.54) is 6.39 Å². The number of carbonyl (C=O) groups is 2. The lowest BCUT2D eigenvalue weighted by molar-refractivity contribution is 0.0494. The summed E-state index contributed by atoms with van der Waals surface area (Å²) in [6.45, 7) is 4.10. The number of hydrogen-bond donors (Lipinski definition) is 1. The molecule has 116 valence electrons. The van der Waals surface area contributed by atoms with Crippen molar-refractivity contribution < 1.29 is 18.7 Å². The van der Waals surface area contributed by atoms with Gasteiger partial charge in [0.2, 0.25) is 0 Å². The third-order valence-corrected chi connectivity index (χ3v) is 2.97. The smallest absolute Gasteiger partial charge is 0.360 e. The first-order valence-electron chi connectivity index (χ1n) is 7.03. The van der Waals surface area contributed by atoms with Gasteiger partial charge in [0.25, 0.3) is 5.91 Å². The molecule has 0 aliphatic carbocycles. The van der Waals surface area contributed by atoms with Crippen LogP contribution in [0.1, 0.15) is 46.4 Å². The van der Waals surface area contributed by atoms with E-state index in [-0.39, 0.29) is 30.7 Å². The van der Waals surface area contributed by atoms with Crippen LogP contribution in [0.15, 0.2) is 41.1 Å². The molecule has 2 aromatic rings. The van der Waals surface area contributed by atoms with Gasteiger partial charge in [-0.15, -0.1) is 0 Å². The summed E-state index contributed by atoms with van der Waals surface area (Å²) in [4.78, 5) is 27.5. The molecule has 1 heterocycles. The summed E-state index contributed by atoms with van der Waals surface area (Å²) in [5.74, 6) is -0.214. The summed E-state index contributed by atoms with van der Waals surface area (Å²) in [6, 6.07) is 8.83.